The second-order valence-electron chi connectivity index (χ2n) is 2.59. The zero-order chi connectivity index (χ0) is 9.42. The first-order chi connectivity index (χ1) is 6.20. The van der Waals surface area contributed by atoms with Crippen LogP contribution in [0.5, 0.6) is 0 Å². The van der Waals surface area contributed by atoms with E-state index in [9.17, 15) is 4.79 Å². The van der Waals surface area contributed by atoms with Gasteiger partial charge in [0.15, 0.2) is 0 Å². The van der Waals surface area contributed by atoms with Crippen LogP contribution < -0.4 is 5.69 Å². The molecule has 0 aliphatic heterocycles. The quantitative estimate of drug-likeness (QED) is 0.699. The smallest absolute Gasteiger partial charge is 0.244 e. The third-order valence-electron chi connectivity index (χ3n) is 1.68. The van der Waals surface area contributed by atoms with E-state index in [-0.39, 0.29) is 5.69 Å². The molecule has 0 aliphatic rings. The molecule has 2 rings (SSSR count). The number of tetrazole rings is 1. The Morgan fingerprint density at radius 3 is 2.69 bits per heavy atom. The molecule has 0 unspecified atom stereocenters. The number of aryl methyl sites for hydroxylation is 2. The minimum absolute atomic E-state index is 0.341. The van der Waals surface area contributed by atoms with Gasteiger partial charge in [0.2, 0.25) is 0 Å². The van der Waals surface area contributed by atoms with Crippen molar-refractivity contribution in [2.75, 3.05) is 0 Å². The summed E-state index contributed by atoms with van der Waals surface area (Å²) in [6, 6.07) is 0. The summed E-state index contributed by atoms with van der Waals surface area (Å²) in [6.45, 7) is 3.72. The fraction of sp³-hybridized carbons (Fsp3) is 0.333. The van der Waals surface area contributed by atoms with Gasteiger partial charge in [-0.25, -0.2) is 9.89 Å². The third kappa shape index (κ3) is 1.17. The van der Waals surface area contributed by atoms with Crippen LogP contribution in [0.15, 0.2) is 4.79 Å². The molecule has 0 radical (unpaired) electrons. The van der Waals surface area contributed by atoms with Crippen molar-refractivity contribution in [1.82, 2.24) is 24.6 Å². The summed E-state index contributed by atoms with van der Waals surface area (Å²) in [5.41, 5.74) is 1.17. The average Bonchev–Trinajstić information content (AvgIpc) is 2.60. The highest BCUT2D eigenvalue weighted by atomic mass is 32.1. The Labute approximate surface area is 77.4 Å². The summed E-state index contributed by atoms with van der Waals surface area (Å²) in [6.07, 6.45) is 0. The fourth-order valence-corrected chi connectivity index (χ4v) is 1.81. The van der Waals surface area contributed by atoms with E-state index < -0.39 is 0 Å². The largest absolute Gasteiger partial charge is 0.365 e. The maximum atomic E-state index is 11.2. The fourth-order valence-electron chi connectivity index (χ4n) is 1.12. The first-order valence-electron chi connectivity index (χ1n) is 3.64. The van der Waals surface area contributed by atoms with Crippen LogP contribution in [0.1, 0.15) is 10.6 Å². The Hall–Kier alpha value is -1.50. The molecule has 0 fully saturated rings. The lowest BCUT2D eigenvalue weighted by molar-refractivity contribution is 0.772. The van der Waals surface area contributed by atoms with Crippen LogP contribution in [0.2, 0.25) is 0 Å². The number of nitrogens with zero attached hydrogens (tertiary/aromatic N) is 4. The van der Waals surface area contributed by atoms with Gasteiger partial charge in [0, 0.05) is 4.88 Å². The van der Waals surface area contributed by atoms with E-state index in [1.165, 1.54) is 16.2 Å². The van der Waals surface area contributed by atoms with Crippen molar-refractivity contribution in [1.29, 1.82) is 0 Å². The Bertz CT molecular complexity index is 462. The van der Waals surface area contributed by atoms with Gasteiger partial charge in [-0.15, -0.1) is 0 Å². The van der Waals surface area contributed by atoms with Crippen LogP contribution in [-0.4, -0.2) is 24.6 Å². The van der Waals surface area contributed by atoms with Crippen LogP contribution in [0, 0.1) is 13.8 Å². The Kier molecular flexibility index (Phi) is 1.73. The number of rotatable bonds is 1. The molecule has 6 nitrogen and oxygen atoms in total. The first-order valence-corrected chi connectivity index (χ1v) is 4.41. The maximum Gasteiger partial charge on any atom is 0.365 e. The van der Waals surface area contributed by atoms with E-state index in [0.717, 1.165) is 16.3 Å². The van der Waals surface area contributed by atoms with Crippen LogP contribution in [0.3, 0.4) is 0 Å². The molecule has 0 atom stereocenters. The molecule has 0 amide bonds. The van der Waals surface area contributed by atoms with Gasteiger partial charge >= 0.3 is 5.69 Å². The van der Waals surface area contributed by atoms with E-state index in [1.54, 1.807) is 0 Å². The van der Waals surface area contributed by atoms with Crippen LogP contribution >= 0.6 is 11.5 Å². The van der Waals surface area contributed by atoms with Crippen LogP contribution in [0.25, 0.3) is 5.69 Å². The topological polar surface area (TPSA) is 76.5 Å². The molecule has 0 aliphatic carbocycles. The van der Waals surface area contributed by atoms with Crippen molar-refractivity contribution in [2.24, 2.45) is 0 Å². The van der Waals surface area contributed by atoms with Crippen molar-refractivity contribution in [3.63, 3.8) is 0 Å². The van der Waals surface area contributed by atoms with Crippen molar-refractivity contribution >= 4 is 11.5 Å². The molecule has 7 heteroatoms. The molecule has 68 valence electrons. The summed E-state index contributed by atoms with van der Waals surface area (Å²) >= 11 is 1.35. The van der Waals surface area contributed by atoms with E-state index in [1.807, 2.05) is 13.8 Å². The molecule has 2 aromatic rings. The van der Waals surface area contributed by atoms with Gasteiger partial charge in [-0.1, -0.05) is 0 Å². The van der Waals surface area contributed by atoms with Gasteiger partial charge in [0.1, 0.15) is 5.69 Å². The lowest BCUT2D eigenvalue weighted by Gasteiger charge is -1.95. The minimum atomic E-state index is -0.341. The zero-order valence-electron chi connectivity index (χ0n) is 7.11. The van der Waals surface area contributed by atoms with Gasteiger partial charge < -0.3 is 0 Å². The molecule has 0 saturated heterocycles. The molecule has 13 heavy (non-hydrogen) atoms. The van der Waals surface area contributed by atoms with Gasteiger partial charge in [0.05, 0.1) is 5.69 Å². The second kappa shape index (κ2) is 2.77. The minimum Gasteiger partial charge on any atom is -0.244 e. The normalized spacial score (nSPS) is 10.6. The predicted molar refractivity (Wildman–Crippen MR) is 47.1 cm³/mol. The lowest BCUT2D eigenvalue weighted by Crippen LogP contribution is -2.17. The SMILES string of the molecule is Cc1nsc(C)c1-n1nn[nH]c1=O. The van der Waals surface area contributed by atoms with Crippen molar-refractivity contribution in [3.8, 4) is 5.69 Å². The second-order valence-corrected chi connectivity index (χ2v) is 3.57. The number of H-pyrrole nitrogens is 1. The molecule has 2 heterocycles. The predicted octanol–water partition coefficient (Wildman–Crippen LogP) is 0.0289. The number of hydrogen-bond donors (Lipinski definition) is 1. The Balaban J connectivity index is 2.71. The molecule has 0 aromatic carbocycles. The lowest BCUT2D eigenvalue weighted by atomic mass is 10.3. The summed E-state index contributed by atoms with van der Waals surface area (Å²) < 4.78 is 5.33. The summed E-state index contributed by atoms with van der Waals surface area (Å²) in [7, 11) is 0. The molecule has 0 saturated carbocycles. The number of aromatic nitrogens is 5. The molecule has 0 spiro atoms. The standard InChI is InChI=1S/C6H7N5OS/c1-3-5(4(2)13-8-3)11-6(12)7-9-10-11/h1-2H3,(H,7,10,12). The maximum absolute atomic E-state index is 11.2. The molecular formula is C6H7N5OS. The number of aromatic amines is 1. The molecular weight excluding hydrogens is 190 g/mol. The monoisotopic (exact) mass is 197 g/mol. The highest BCUT2D eigenvalue weighted by molar-refractivity contribution is 7.06. The molecule has 0 bridgehead atoms. The van der Waals surface area contributed by atoms with Gasteiger partial charge in [-0.05, 0) is 35.8 Å². The summed E-state index contributed by atoms with van der Waals surface area (Å²) in [5.74, 6) is 0. The third-order valence-corrected chi connectivity index (χ3v) is 2.51. The zero-order valence-corrected chi connectivity index (χ0v) is 7.92. The van der Waals surface area contributed by atoms with Crippen molar-refractivity contribution in [3.05, 3.63) is 21.1 Å². The van der Waals surface area contributed by atoms with Crippen molar-refractivity contribution in [2.45, 2.75) is 13.8 Å². The van der Waals surface area contributed by atoms with Gasteiger partial charge in [0.25, 0.3) is 0 Å². The highest BCUT2D eigenvalue weighted by Crippen LogP contribution is 2.18. The van der Waals surface area contributed by atoms with Crippen LogP contribution in [0.4, 0.5) is 0 Å². The Morgan fingerprint density at radius 1 is 1.46 bits per heavy atom. The van der Waals surface area contributed by atoms with E-state index in [4.69, 9.17) is 0 Å². The first kappa shape index (κ1) is 8.11. The summed E-state index contributed by atoms with van der Waals surface area (Å²) in [5, 5.41) is 9.29. The number of hydrogen-bond acceptors (Lipinski definition) is 5. The Morgan fingerprint density at radius 2 is 2.23 bits per heavy atom. The average molecular weight is 197 g/mol. The van der Waals surface area contributed by atoms with Gasteiger partial charge in [-0.3, -0.25) is 0 Å². The van der Waals surface area contributed by atoms with E-state index >= 15 is 0 Å². The van der Waals surface area contributed by atoms with Crippen LogP contribution in [-0.2, 0) is 0 Å². The van der Waals surface area contributed by atoms with Crippen molar-refractivity contribution < 1.29 is 0 Å². The highest BCUT2D eigenvalue weighted by Gasteiger charge is 2.12. The molecule has 1 N–H and O–H groups in total. The van der Waals surface area contributed by atoms with E-state index in [2.05, 4.69) is 19.9 Å². The van der Waals surface area contributed by atoms with E-state index in [0.29, 0.717) is 0 Å². The number of nitrogens with one attached hydrogen (secondary N) is 1. The summed E-state index contributed by atoms with van der Waals surface area (Å²) in [4.78, 5) is 12.1. The van der Waals surface area contributed by atoms with Gasteiger partial charge in [-0.2, -0.15) is 9.06 Å². The molecule has 2 aromatic heterocycles.